The Morgan fingerprint density at radius 2 is 2.00 bits per heavy atom. The molecule has 0 saturated carbocycles. The van der Waals surface area contributed by atoms with Crippen LogP contribution in [0.3, 0.4) is 0 Å². The van der Waals surface area contributed by atoms with Crippen molar-refractivity contribution in [3.8, 4) is 5.69 Å². The number of aromatic amines is 1. The highest BCUT2D eigenvalue weighted by atomic mass is 19.1. The van der Waals surface area contributed by atoms with Gasteiger partial charge in [0.1, 0.15) is 17.3 Å². The number of para-hydroxylation sites is 1. The molecule has 34 heavy (non-hydrogen) atoms. The van der Waals surface area contributed by atoms with Gasteiger partial charge in [0.2, 0.25) is 0 Å². The quantitative estimate of drug-likeness (QED) is 0.459. The molecule has 3 N–H and O–H groups in total. The number of nitrogens with one attached hydrogen (secondary N) is 1. The van der Waals surface area contributed by atoms with E-state index in [1.165, 1.54) is 33.5 Å². The molecule has 182 valence electrons. The number of nitrogens with two attached hydrogens (primary N) is 1. The molecule has 0 aliphatic rings. The molecule has 0 aliphatic carbocycles. The molecule has 3 rings (SSSR count). The fourth-order valence-electron chi connectivity index (χ4n) is 3.70. The van der Waals surface area contributed by atoms with Crippen molar-refractivity contribution >= 4 is 17.4 Å². The first kappa shape index (κ1) is 24.9. The fourth-order valence-corrected chi connectivity index (χ4v) is 3.70. The first-order valence-corrected chi connectivity index (χ1v) is 10.9. The van der Waals surface area contributed by atoms with E-state index in [1.54, 1.807) is 25.1 Å². The molecular formula is C23H29FN6O4. The maximum absolute atomic E-state index is 14.3. The number of anilines is 2. The Balaban J connectivity index is 2.12. The third-order valence-corrected chi connectivity index (χ3v) is 5.33. The maximum Gasteiger partial charge on any atom is 0.330 e. The Hall–Kier alpha value is -3.73. The van der Waals surface area contributed by atoms with Crippen LogP contribution in [-0.4, -0.2) is 45.5 Å². The molecule has 2 heterocycles. The fraction of sp³-hybridized carbons (Fsp3) is 0.391. The van der Waals surface area contributed by atoms with E-state index in [2.05, 4.69) is 10.1 Å². The highest BCUT2D eigenvalue weighted by Crippen LogP contribution is 2.23. The number of nitrogens with zero attached hydrogens (tertiary/aromatic N) is 4. The monoisotopic (exact) mass is 472 g/mol. The van der Waals surface area contributed by atoms with Crippen LogP contribution in [0.4, 0.5) is 15.9 Å². The lowest BCUT2D eigenvalue weighted by molar-refractivity contribution is 0.0982. The Labute approximate surface area is 195 Å². The van der Waals surface area contributed by atoms with Gasteiger partial charge in [-0.25, -0.2) is 13.9 Å². The van der Waals surface area contributed by atoms with Gasteiger partial charge in [-0.05, 0) is 31.4 Å². The van der Waals surface area contributed by atoms with Crippen LogP contribution in [0.1, 0.15) is 36.3 Å². The number of methoxy groups -OCH3 is 1. The molecule has 10 nitrogen and oxygen atoms in total. The highest BCUT2D eigenvalue weighted by Gasteiger charge is 2.28. The maximum atomic E-state index is 14.3. The van der Waals surface area contributed by atoms with Crippen molar-refractivity contribution in [1.82, 2.24) is 19.3 Å². The summed E-state index contributed by atoms with van der Waals surface area (Å²) in [5.74, 6) is -1.08. The minimum Gasteiger partial charge on any atom is -0.385 e. The van der Waals surface area contributed by atoms with E-state index in [0.29, 0.717) is 18.7 Å². The lowest BCUT2D eigenvalue weighted by atomic mass is 10.2. The molecule has 0 saturated heterocycles. The summed E-state index contributed by atoms with van der Waals surface area (Å²) in [6.07, 6.45) is 1.73. The Morgan fingerprint density at radius 3 is 2.65 bits per heavy atom. The largest absolute Gasteiger partial charge is 0.385 e. The standard InChI is InChI=1S/C23H29FN6O4/c1-14(2)13-29-20(25)19(21(31)27-23(29)33)28(10-7-11-34-4)22(32)16-12-26-30(15(16)3)18-9-6-5-8-17(18)24/h5-6,8-9,12,14H,7,10-11,13,25H2,1-4H3,(H,27,31,33). The summed E-state index contributed by atoms with van der Waals surface area (Å²) >= 11 is 0. The van der Waals surface area contributed by atoms with Crippen LogP contribution < -0.4 is 21.9 Å². The average molecular weight is 473 g/mol. The second-order valence-corrected chi connectivity index (χ2v) is 8.31. The number of carbonyl (C=O) groups excluding carboxylic acids is 1. The number of carbonyl (C=O) groups is 1. The van der Waals surface area contributed by atoms with Crippen LogP contribution >= 0.6 is 0 Å². The molecule has 11 heteroatoms. The number of ether oxygens (including phenoxy) is 1. The van der Waals surface area contributed by atoms with E-state index in [9.17, 15) is 18.8 Å². The molecule has 3 aromatic rings. The summed E-state index contributed by atoms with van der Waals surface area (Å²) in [6.45, 7) is 6.13. The predicted molar refractivity (Wildman–Crippen MR) is 127 cm³/mol. The van der Waals surface area contributed by atoms with Gasteiger partial charge in [-0.15, -0.1) is 0 Å². The van der Waals surface area contributed by atoms with Crippen molar-refractivity contribution in [2.75, 3.05) is 30.9 Å². The number of hydrogen-bond acceptors (Lipinski definition) is 6. The summed E-state index contributed by atoms with van der Waals surface area (Å²) in [5, 5.41) is 4.19. The van der Waals surface area contributed by atoms with Crippen molar-refractivity contribution in [3.63, 3.8) is 0 Å². The van der Waals surface area contributed by atoms with Crippen LogP contribution in [0.2, 0.25) is 0 Å². The lowest BCUT2D eigenvalue weighted by Gasteiger charge is -2.25. The molecule has 1 amide bonds. The summed E-state index contributed by atoms with van der Waals surface area (Å²) in [6, 6.07) is 6.07. The predicted octanol–water partition coefficient (Wildman–Crippen LogP) is 2.09. The van der Waals surface area contributed by atoms with Crippen LogP contribution in [0.15, 0.2) is 40.1 Å². The Bertz CT molecular complexity index is 1290. The molecule has 0 fully saturated rings. The topological polar surface area (TPSA) is 128 Å². The van der Waals surface area contributed by atoms with Crippen molar-refractivity contribution in [2.45, 2.75) is 33.7 Å². The van der Waals surface area contributed by atoms with Gasteiger partial charge < -0.3 is 15.4 Å². The first-order valence-electron chi connectivity index (χ1n) is 10.9. The van der Waals surface area contributed by atoms with Gasteiger partial charge in [-0.2, -0.15) is 5.10 Å². The molecule has 0 spiro atoms. The Kier molecular flexibility index (Phi) is 7.67. The molecule has 0 bridgehead atoms. The number of amides is 1. The molecule has 0 unspecified atom stereocenters. The summed E-state index contributed by atoms with van der Waals surface area (Å²) in [5.41, 5.74) is 5.46. The van der Waals surface area contributed by atoms with E-state index in [0.717, 1.165) is 0 Å². The summed E-state index contributed by atoms with van der Waals surface area (Å²) < 4.78 is 22.0. The number of hydrogen-bond donors (Lipinski definition) is 2. The number of H-pyrrole nitrogens is 1. The minimum absolute atomic E-state index is 0.0673. The molecule has 1 aromatic carbocycles. The normalized spacial score (nSPS) is 11.2. The van der Waals surface area contributed by atoms with E-state index in [1.807, 2.05) is 13.8 Å². The van der Waals surface area contributed by atoms with Gasteiger partial charge in [0.15, 0.2) is 5.69 Å². The molecular weight excluding hydrogens is 443 g/mol. The van der Waals surface area contributed by atoms with Gasteiger partial charge in [0.05, 0.1) is 17.5 Å². The summed E-state index contributed by atoms with van der Waals surface area (Å²) in [4.78, 5) is 42.3. The number of rotatable bonds is 9. The van der Waals surface area contributed by atoms with E-state index in [-0.39, 0.29) is 41.8 Å². The number of aromatic nitrogens is 4. The highest BCUT2D eigenvalue weighted by molar-refractivity contribution is 6.07. The summed E-state index contributed by atoms with van der Waals surface area (Å²) in [7, 11) is 1.53. The number of nitrogen functional groups attached to an aromatic ring is 1. The zero-order valence-corrected chi connectivity index (χ0v) is 19.7. The number of halogens is 1. The van der Waals surface area contributed by atoms with Crippen molar-refractivity contribution in [1.29, 1.82) is 0 Å². The second kappa shape index (κ2) is 10.5. The lowest BCUT2D eigenvalue weighted by Crippen LogP contribution is -2.42. The van der Waals surface area contributed by atoms with Gasteiger partial charge in [0, 0.05) is 26.8 Å². The van der Waals surface area contributed by atoms with Crippen molar-refractivity contribution in [2.24, 2.45) is 5.92 Å². The SMILES string of the molecule is COCCCN(C(=O)c1cnn(-c2ccccc2F)c1C)c1c(N)n(CC(C)C)c(=O)[nH]c1=O. The minimum atomic E-state index is -0.771. The third kappa shape index (κ3) is 4.93. The smallest absolute Gasteiger partial charge is 0.330 e. The molecule has 2 aromatic heterocycles. The van der Waals surface area contributed by atoms with Gasteiger partial charge in [-0.3, -0.25) is 19.1 Å². The molecule has 0 atom stereocenters. The van der Waals surface area contributed by atoms with Crippen LogP contribution in [0.25, 0.3) is 5.69 Å². The third-order valence-electron chi connectivity index (χ3n) is 5.33. The van der Waals surface area contributed by atoms with Gasteiger partial charge in [0.25, 0.3) is 11.5 Å². The molecule has 0 aliphatic heterocycles. The van der Waals surface area contributed by atoms with E-state index in [4.69, 9.17) is 10.5 Å². The average Bonchev–Trinajstić information content (AvgIpc) is 3.16. The van der Waals surface area contributed by atoms with Crippen LogP contribution in [0, 0.1) is 18.7 Å². The zero-order chi connectivity index (χ0) is 25.0. The van der Waals surface area contributed by atoms with E-state index < -0.39 is 23.0 Å². The van der Waals surface area contributed by atoms with Crippen molar-refractivity contribution < 1.29 is 13.9 Å². The van der Waals surface area contributed by atoms with Gasteiger partial charge >= 0.3 is 5.69 Å². The van der Waals surface area contributed by atoms with Gasteiger partial charge in [-0.1, -0.05) is 26.0 Å². The zero-order valence-electron chi connectivity index (χ0n) is 19.7. The first-order chi connectivity index (χ1) is 16.2. The van der Waals surface area contributed by atoms with Crippen LogP contribution in [0.5, 0.6) is 0 Å². The van der Waals surface area contributed by atoms with E-state index >= 15 is 0 Å². The second-order valence-electron chi connectivity index (χ2n) is 8.31. The molecule has 0 radical (unpaired) electrons. The van der Waals surface area contributed by atoms with Crippen molar-refractivity contribution in [3.05, 3.63) is 68.4 Å². The van der Waals surface area contributed by atoms with Crippen LogP contribution in [-0.2, 0) is 11.3 Å². The number of benzene rings is 1. The Morgan fingerprint density at radius 1 is 1.29 bits per heavy atom.